The number of nitrogens with one attached hydrogen (secondary N) is 2. The smallest absolute Gasteiger partial charge is 0.319 e. The predicted octanol–water partition coefficient (Wildman–Crippen LogP) is 4.26. The van der Waals surface area contributed by atoms with Gasteiger partial charge in [-0.25, -0.2) is 4.79 Å². The maximum Gasteiger partial charge on any atom is 0.319 e. The van der Waals surface area contributed by atoms with Crippen molar-refractivity contribution in [1.82, 2.24) is 5.32 Å². The van der Waals surface area contributed by atoms with Gasteiger partial charge < -0.3 is 15.5 Å². The van der Waals surface area contributed by atoms with Gasteiger partial charge in [-0.05, 0) is 57.0 Å². The van der Waals surface area contributed by atoms with Crippen LogP contribution in [0.3, 0.4) is 0 Å². The quantitative estimate of drug-likeness (QED) is 0.833. The number of hydrogen-bond donors (Lipinski definition) is 2. The molecule has 0 atom stereocenters. The van der Waals surface area contributed by atoms with Gasteiger partial charge in [0, 0.05) is 31.0 Å². The van der Waals surface area contributed by atoms with Crippen LogP contribution in [0.4, 0.5) is 16.2 Å². The van der Waals surface area contributed by atoms with Crippen LogP contribution in [0.25, 0.3) is 0 Å². The molecule has 0 aliphatic carbocycles. The highest BCUT2D eigenvalue weighted by Crippen LogP contribution is 2.16. The first-order valence-electron chi connectivity index (χ1n) is 8.43. The Balaban J connectivity index is 1.85. The van der Waals surface area contributed by atoms with Crippen molar-refractivity contribution in [3.8, 4) is 0 Å². The molecule has 0 saturated carbocycles. The molecule has 0 aromatic heterocycles. The average Bonchev–Trinajstić information content (AvgIpc) is 2.54. The van der Waals surface area contributed by atoms with Crippen LogP contribution in [0, 0.1) is 20.8 Å². The molecular weight excluding hydrogens is 298 g/mol. The largest absolute Gasteiger partial charge is 0.370 e. The Hall–Kier alpha value is -2.49. The van der Waals surface area contributed by atoms with E-state index in [9.17, 15) is 4.79 Å². The number of anilines is 2. The standard InChI is InChI=1S/C20H27N3O/c1-5-23(18-8-6-7-15(2)14-18)12-11-21-20(24)22-19-10-9-16(3)13-17(19)4/h6-10,13-14H,5,11-12H2,1-4H3,(H2,21,22,24). The minimum absolute atomic E-state index is 0.165. The van der Waals surface area contributed by atoms with Crippen LogP contribution in [-0.2, 0) is 0 Å². The third-order valence-corrected chi connectivity index (χ3v) is 4.05. The van der Waals surface area contributed by atoms with Crippen molar-refractivity contribution in [2.45, 2.75) is 27.7 Å². The number of nitrogens with zero attached hydrogens (tertiary/aromatic N) is 1. The summed E-state index contributed by atoms with van der Waals surface area (Å²) >= 11 is 0. The zero-order valence-corrected chi connectivity index (χ0v) is 15.0. The summed E-state index contributed by atoms with van der Waals surface area (Å²) in [6, 6.07) is 14.3. The molecule has 24 heavy (non-hydrogen) atoms. The molecule has 2 N–H and O–H groups in total. The molecule has 0 radical (unpaired) electrons. The Kier molecular flexibility index (Phi) is 6.24. The molecule has 2 aromatic carbocycles. The van der Waals surface area contributed by atoms with Crippen LogP contribution in [-0.4, -0.2) is 25.7 Å². The highest BCUT2D eigenvalue weighted by atomic mass is 16.2. The molecule has 2 aromatic rings. The minimum atomic E-state index is -0.165. The van der Waals surface area contributed by atoms with Crippen LogP contribution in [0.2, 0.25) is 0 Å². The SMILES string of the molecule is CCN(CCNC(=O)Nc1ccc(C)cc1C)c1cccc(C)c1. The summed E-state index contributed by atoms with van der Waals surface area (Å²) in [5.41, 5.74) is 5.54. The van der Waals surface area contributed by atoms with E-state index in [1.807, 2.05) is 26.0 Å². The topological polar surface area (TPSA) is 44.4 Å². The summed E-state index contributed by atoms with van der Waals surface area (Å²) in [5, 5.41) is 5.84. The Morgan fingerprint density at radius 1 is 1.04 bits per heavy atom. The van der Waals surface area contributed by atoms with Crippen LogP contribution < -0.4 is 15.5 Å². The molecule has 4 heteroatoms. The van der Waals surface area contributed by atoms with Crippen LogP contribution in [0.15, 0.2) is 42.5 Å². The highest BCUT2D eigenvalue weighted by molar-refractivity contribution is 5.90. The van der Waals surface area contributed by atoms with Crippen molar-refractivity contribution < 1.29 is 4.79 Å². The van der Waals surface area contributed by atoms with Gasteiger partial charge in [-0.3, -0.25) is 0 Å². The maximum absolute atomic E-state index is 12.1. The summed E-state index contributed by atoms with van der Waals surface area (Å²) in [6.45, 7) is 10.5. The molecule has 4 nitrogen and oxygen atoms in total. The Morgan fingerprint density at radius 3 is 2.46 bits per heavy atom. The van der Waals surface area contributed by atoms with E-state index in [1.54, 1.807) is 0 Å². The molecule has 2 amide bonds. The van der Waals surface area contributed by atoms with E-state index >= 15 is 0 Å². The highest BCUT2D eigenvalue weighted by Gasteiger charge is 2.07. The van der Waals surface area contributed by atoms with Gasteiger partial charge in [-0.1, -0.05) is 29.8 Å². The number of aryl methyl sites for hydroxylation is 3. The lowest BCUT2D eigenvalue weighted by Crippen LogP contribution is -2.37. The van der Waals surface area contributed by atoms with Crippen LogP contribution >= 0.6 is 0 Å². The number of benzene rings is 2. The van der Waals surface area contributed by atoms with Gasteiger partial charge >= 0.3 is 6.03 Å². The second-order valence-corrected chi connectivity index (χ2v) is 6.12. The third-order valence-electron chi connectivity index (χ3n) is 4.05. The number of hydrogen-bond acceptors (Lipinski definition) is 2. The second kappa shape index (κ2) is 8.39. The summed E-state index contributed by atoms with van der Waals surface area (Å²) in [7, 11) is 0. The normalized spacial score (nSPS) is 10.3. The Morgan fingerprint density at radius 2 is 1.79 bits per heavy atom. The average molecular weight is 325 g/mol. The summed E-state index contributed by atoms with van der Waals surface area (Å²) < 4.78 is 0. The molecule has 0 aliphatic heterocycles. The summed E-state index contributed by atoms with van der Waals surface area (Å²) in [4.78, 5) is 14.3. The molecule has 0 unspecified atom stereocenters. The van der Waals surface area contributed by atoms with E-state index in [1.165, 1.54) is 16.8 Å². The zero-order valence-electron chi connectivity index (χ0n) is 15.0. The predicted molar refractivity (Wildman–Crippen MR) is 102 cm³/mol. The van der Waals surface area contributed by atoms with Gasteiger partial charge in [0.2, 0.25) is 0 Å². The molecule has 0 heterocycles. The molecule has 0 aliphatic rings. The van der Waals surface area contributed by atoms with Crippen molar-refractivity contribution in [2.24, 2.45) is 0 Å². The van der Waals surface area contributed by atoms with Gasteiger partial charge in [0.15, 0.2) is 0 Å². The minimum Gasteiger partial charge on any atom is -0.370 e. The van der Waals surface area contributed by atoms with Gasteiger partial charge in [0.1, 0.15) is 0 Å². The second-order valence-electron chi connectivity index (χ2n) is 6.12. The first-order valence-corrected chi connectivity index (χ1v) is 8.43. The van der Waals surface area contributed by atoms with Gasteiger partial charge in [-0.15, -0.1) is 0 Å². The third kappa shape index (κ3) is 5.01. The summed E-state index contributed by atoms with van der Waals surface area (Å²) in [5.74, 6) is 0. The maximum atomic E-state index is 12.1. The molecule has 0 bridgehead atoms. The Bertz CT molecular complexity index is 697. The fraction of sp³-hybridized carbons (Fsp3) is 0.350. The van der Waals surface area contributed by atoms with E-state index in [-0.39, 0.29) is 6.03 Å². The van der Waals surface area contributed by atoms with Crippen LogP contribution in [0.1, 0.15) is 23.6 Å². The summed E-state index contributed by atoms with van der Waals surface area (Å²) in [6.07, 6.45) is 0. The zero-order chi connectivity index (χ0) is 17.5. The van der Waals surface area contributed by atoms with E-state index in [2.05, 4.69) is 59.7 Å². The molecule has 2 rings (SSSR count). The van der Waals surface area contributed by atoms with Crippen molar-refractivity contribution in [3.63, 3.8) is 0 Å². The number of carbonyl (C=O) groups excluding carboxylic acids is 1. The molecule has 0 saturated heterocycles. The molecule has 0 fully saturated rings. The van der Waals surface area contributed by atoms with Crippen molar-refractivity contribution in [3.05, 3.63) is 59.2 Å². The van der Waals surface area contributed by atoms with E-state index in [0.717, 1.165) is 24.3 Å². The fourth-order valence-electron chi connectivity index (χ4n) is 2.72. The van der Waals surface area contributed by atoms with Crippen molar-refractivity contribution >= 4 is 17.4 Å². The van der Waals surface area contributed by atoms with E-state index < -0.39 is 0 Å². The number of amides is 2. The Labute approximate surface area is 144 Å². The number of likely N-dealkylation sites (N-methyl/N-ethyl adjacent to an activating group) is 1. The van der Waals surface area contributed by atoms with Crippen LogP contribution in [0.5, 0.6) is 0 Å². The van der Waals surface area contributed by atoms with Crippen molar-refractivity contribution in [2.75, 3.05) is 29.9 Å². The lowest BCUT2D eigenvalue weighted by molar-refractivity contribution is 0.252. The molecule has 0 spiro atoms. The lowest BCUT2D eigenvalue weighted by Gasteiger charge is -2.23. The van der Waals surface area contributed by atoms with Gasteiger partial charge in [0.25, 0.3) is 0 Å². The molecular formula is C20H27N3O. The number of urea groups is 1. The van der Waals surface area contributed by atoms with E-state index in [0.29, 0.717) is 6.54 Å². The van der Waals surface area contributed by atoms with E-state index in [4.69, 9.17) is 0 Å². The molecule has 128 valence electrons. The first-order chi connectivity index (χ1) is 11.5. The number of carbonyl (C=O) groups is 1. The lowest BCUT2D eigenvalue weighted by atomic mass is 10.1. The van der Waals surface area contributed by atoms with Gasteiger partial charge in [0.05, 0.1) is 0 Å². The monoisotopic (exact) mass is 325 g/mol. The fourth-order valence-corrected chi connectivity index (χ4v) is 2.72. The number of rotatable bonds is 6. The van der Waals surface area contributed by atoms with Gasteiger partial charge in [-0.2, -0.15) is 0 Å². The van der Waals surface area contributed by atoms with Crippen molar-refractivity contribution in [1.29, 1.82) is 0 Å². The first kappa shape index (κ1) is 17.9.